The number of carbonyl (C=O) groups excluding carboxylic acids is 1. The Morgan fingerprint density at radius 3 is 2.81 bits per heavy atom. The second-order valence-corrected chi connectivity index (χ2v) is 5.91. The fraction of sp³-hybridized carbons (Fsp3) is 0.588. The number of aliphatic hydroxyl groups is 1. The van der Waals surface area contributed by atoms with Crippen molar-refractivity contribution >= 4 is 6.03 Å². The highest BCUT2D eigenvalue weighted by Gasteiger charge is 2.26. The van der Waals surface area contributed by atoms with E-state index in [1.54, 1.807) is 0 Å². The lowest BCUT2D eigenvalue weighted by molar-refractivity contribution is 0.194. The summed E-state index contributed by atoms with van der Waals surface area (Å²) < 4.78 is 0. The third-order valence-electron chi connectivity index (χ3n) is 4.12. The molecule has 0 spiro atoms. The van der Waals surface area contributed by atoms with Crippen molar-refractivity contribution in [3.05, 3.63) is 35.9 Å². The monoisotopic (exact) mass is 290 g/mol. The Balaban J connectivity index is 1.88. The Morgan fingerprint density at radius 2 is 2.19 bits per heavy atom. The summed E-state index contributed by atoms with van der Waals surface area (Å²) in [6, 6.07) is 10.5. The van der Waals surface area contributed by atoms with E-state index in [9.17, 15) is 4.79 Å². The summed E-state index contributed by atoms with van der Waals surface area (Å²) in [7, 11) is 0. The maximum absolute atomic E-state index is 12.3. The predicted octanol–water partition coefficient (Wildman–Crippen LogP) is 2.42. The van der Waals surface area contributed by atoms with Gasteiger partial charge in [-0.1, -0.05) is 43.7 Å². The lowest BCUT2D eigenvalue weighted by Crippen LogP contribution is -2.44. The number of likely N-dealkylation sites (tertiary alicyclic amines) is 1. The second kappa shape index (κ2) is 8.03. The first-order valence-electron chi connectivity index (χ1n) is 7.93. The molecular weight excluding hydrogens is 264 g/mol. The molecule has 116 valence electrons. The molecule has 0 saturated carbocycles. The van der Waals surface area contributed by atoms with Gasteiger partial charge in [0.25, 0.3) is 0 Å². The normalized spacial score (nSPS) is 19.5. The molecule has 0 aromatic heterocycles. The minimum absolute atomic E-state index is 0.0142. The second-order valence-electron chi connectivity index (χ2n) is 5.91. The highest BCUT2D eigenvalue weighted by Crippen LogP contribution is 2.16. The van der Waals surface area contributed by atoms with Gasteiger partial charge < -0.3 is 15.3 Å². The standard InChI is InChI=1S/C17H26N2O2/c1-2-6-16(11-14-7-4-3-5-8-14)18-17(21)19-10-9-15(12-19)13-20/h3-5,7-8,15-16,20H,2,6,9-13H2,1H3,(H,18,21). The molecule has 2 rings (SSSR count). The van der Waals surface area contributed by atoms with Gasteiger partial charge in [0.2, 0.25) is 0 Å². The third-order valence-corrected chi connectivity index (χ3v) is 4.12. The van der Waals surface area contributed by atoms with Crippen LogP contribution < -0.4 is 5.32 Å². The van der Waals surface area contributed by atoms with Gasteiger partial charge in [-0.25, -0.2) is 4.79 Å². The Labute approximate surface area is 127 Å². The highest BCUT2D eigenvalue weighted by molar-refractivity contribution is 5.74. The Hall–Kier alpha value is -1.55. The Kier molecular flexibility index (Phi) is 6.05. The Morgan fingerprint density at radius 1 is 1.43 bits per heavy atom. The summed E-state index contributed by atoms with van der Waals surface area (Å²) in [6.07, 6.45) is 3.81. The summed E-state index contributed by atoms with van der Waals surface area (Å²) in [5, 5.41) is 12.3. The van der Waals surface area contributed by atoms with E-state index in [-0.39, 0.29) is 24.6 Å². The lowest BCUT2D eigenvalue weighted by Gasteiger charge is -2.23. The zero-order valence-corrected chi connectivity index (χ0v) is 12.8. The van der Waals surface area contributed by atoms with E-state index in [0.717, 1.165) is 32.2 Å². The van der Waals surface area contributed by atoms with Gasteiger partial charge in [0, 0.05) is 31.7 Å². The van der Waals surface area contributed by atoms with Crippen LogP contribution in [0.3, 0.4) is 0 Å². The molecule has 1 fully saturated rings. The van der Waals surface area contributed by atoms with Gasteiger partial charge in [-0.3, -0.25) is 0 Å². The van der Waals surface area contributed by atoms with Crippen LogP contribution in [0.5, 0.6) is 0 Å². The summed E-state index contributed by atoms with van der Waals surface area (Å²) in [4.78, 5) is 14.1. The number of nitrogens with one attached hydrogen (secondary N) is 1. The van der Waals surface area contributed by atoms with Gasteiger partial charge in [0.15, 0.2) is 0 Å². The molecule has 1 aromatic rings. The molecule has 1 saturated heterocycles. The van der Waals surface area contributed by atoms with E-state index in [1.165, 1.54) is 5.56 Å². The van der Waals surface area contributed by atoms with Crippen LogP contribution in [0.15, 0.2) is 30.3 Å². The van der Waals surface area contributed by atoms with Gasteiger partial charge in [-0.2, -0.15) is 0 Å². The van der Waals surface area contributed by atoms with E-state index >= 15 is 0 Å². The molecule has 4 nitrogen and oxygen atoms in total. The molecule has 21 heavy (non-hydrogen) atoms. The van der Waals surface area contributed by atoms with E-state index in [1.807, 2.05) is 23.1 Å². The minimum atomic E-state index is 0.0142. The number of benzene rings is 1. The number of hydrogen-bond acceptors (Lipinski definition) is 2. The molecule has 4 heteroatoms. The fourth-order valence-corrected chi connectivity index (χ4v) is 2.90. The van der Waals surface area contributed by atoms with Crippen molar-refractivity contribution in [3.63, 3.8) is 0 Å². The SMILES string of the molecule is CCCC(Cc1ccccc1)NC(=O)N1CCC(CO)C1. The van der Waals surface area contributed by atoms with Gasteiger partial charge in [-0.15, -0.1) is 0 Å². The molecule has 2 unspecified atom stereocenters. The number of aliphatic hydroxyl groups excluding tert-OH is 1. The highest BCUT2D eigenvalue weighted by atomic mass is 16.3. The summed E-state index contributed by atoms with van der Waals surface area (Å²) in [5.41, 5.74) is 1.26. The van der Waals surface area contributed by atoms with Crippen molar-refractivity contribution in [3.8, 4) is 0 Å². The quantitative estimate of drug-likeness (QED) is 0.845. The number of hydrogen-bond donors (Lipinski definition) is 2. The lowest BCUT2D eigenvalue weighted by atomic mass is 10.0. The molecule has 1 heterocycles. The van der Waals surface area contributed by atoms with Crippen LogP contribution >= 0.6 is 0 Å². The topological polar surface area (TPSA) is 52.6 Å². The van der Waals surface area contributed by atoms with Crippen LogP contribution in [0.25, 0.3) is 0 Å². The molecule has 1 aliphatic rings. The van der Waals surface area contributed by atoms with Crippen molar-refractivity contribution in [2.24, 2.45) is 5.92 Å². The summed E-state index contributed by atoms with van der Waals surface area (Å²) in [6.45, 7) is 3.74. The largest absolute Gasteiger partial charge is 0.396 e. The maximum atomic E-state index is 12.3. The number of amides is 2. The summed E-state index contributed by atoms with van der Waals surface area (Å²) in [5.74, 6) is 0.245. The van der Waals surface area contributed by atoms with Crippen LogP contribution in [0.2, 0.25) is 0 Å². The first-order valence-corrected chi connectivity index (χ1v) is 7.93. The van der Waals surface area contributed by atoms with Crippen LogP contribution in [0, 0.1) is 5.92 Å². The van der Waals surface area contributed by atoms with E-state index in [2.05, 4.69) is 24.4 Å². The third kappa shape index (κ3) is 4.74. The van der Waals surface area contributed by atoms with Crippen LogP contribution in [-0.2, 0) is 6.42 Å². The van der Waals surface area contributed by atoms with Gasteiger partial charge in [0.05, 0.1) is 0 Å². The molecule has 2 atom stereocenters. The number of urea groups is 1. The van der Waals surface area contributed by atoms with E-state index in [0.29, 0.717) is 6.54 Å². The Bertz CT molecular complexity index is 436. The molecular formula is C17H26N2O2. The average molecular weight is 290 g/mol. The predicted molar refractivity (Wildman–Crippen MR) is 84.1 cm³/mol. The van der Waals surface area contributed by atoms with Crippen molar-refractivity contribution in [2.75, 3.05) is 19.7 Å². The number of rotatable bonds is 6. The molecule has 2 amide bonds. The molecule has 1 aliphatic heterocycles. The van der Waals surface area contributed by atoms with Crippen LogP contribution in [0.1, 0.15) is 31.7 Å². The molecule has 0 radical (unpaired) electrons. The first kappa shape index (κ1) is 15.8. The molecule has 2 N–H and O–H groups in total. The molecule has 0 bridgehead atoms. The van der Waals surface area contributed by atoms with Gasteiger partial charge >= 0.3 is 6.03 Å². The van der Waals surface area contributed by atoms with Crippen molar-refractivity contribution in [1.29, 1.82) is 0 Å². The first-order chi connectivity index (χ1) is 10.2. The van der Waals surface area contributed by atoms with Crippen LogP contribution in [0.4, 0.5) is 4.79 Å². The molecule has 1 aromatic carbocycles. The zero-order valence-electron chi connectivity index (χ0n) is 12.8. The van der Waals surface area contributed by atoms with Crippen LogP contribution in [-0.4, -0.2) is 41.8 Å². The number of nitrogens with zero attached hydrogens (tertiary/aromatic N) is 1. The van der Waals surface area contributed by atoms with E-state index < -0.39 is 0 Å². The van der Waals surface area contributed by atoms with Crippen molar-refractivity contribution in [1.82, 2.24) is 10.2 Å². The fourth-order valence-electron chi connectivity index (χ4n) is 2.90. The van der Waals surface area contributed by atoms with Crippen molar-refractivity contribution in [2.45, 2.75) is 38.6 Å². The smallest absolute Gasteiger partial charge is 0.317 e. The molecule has 0 aliphatic carbocycles. The van der Waals surface area contributed by atoms with Gasteiger partial charge in [0.1, 0.15) is 0 Å². The zero-order chi connectivity index (χ0) is 15.1. The van der Waals surface area contributed by atoms with E-state index in [4.69, 9.17) is 5.11 Å². The maximum Gasteiger partial charge on any atom is 0.317 e. The minimum Gasteiger partial charge on any atom is -0.396 e. The number of carbonyl (C=O) groups is 1. The van der Waals surface area contributed by atoms with Crippen molar-refractivity contribution < 1.29 is 9.90 Å². The average Bonchev–Trinajstić information content (AvgIpc) is 2.97. The van der Waals surface area contributed by atoms with Gasteiger partial charge in [-0.05, 0) is 24.8 Å². The summed E-state index contributed by atoms with van der Waals surface area (Å²) >= 11 is 0.